The summed E-state index contributed by atoms with van der Waals surface area (Å²) in [6.07, 6.45) is 1.80. The topological polar surface area (TPSA) is 69.6 Å². The van der Waals surface area contributed by atoms with Crippen LogP contribution >= 0.6 is 46.7 Å². The highest BCUT2D eigenvalue weighted by atomic mass is 127. The van der Waals surface area contributed by atoms with Gasteiger partial charge in [0.25, 0.3) is 0 Å². The van der Waals surface area contributed by atoms with Gasteiger partial charge in [0.15, 0.2) is 5.96 Å². The van der Waals surface area contributed by atoms with Crippen molar-refractivity contribution >= 4 is 58.5 Å². The molecule has 3 rings (SSSR count). The highest BCUT2D eigenvalue weighted by molar-refractivity contribution is 14.0. The van der Waals surface area contributed by atoms with E-state index in [2.05, 4.69) is 37.4 Å². The minimum absolute atomic E-state index is 0. The Labute approximate surface area is 185 Å². The van der Waals surface area contributed by atoms with Crippen molar-refractivity contribution in [2.24, 2.45) is 4.99 Å². The number of thiazole rings is 1. The Kier molecular flexibility index (Phi) is 8.97. The van der Waals surface area contributed by atoms with Gasteiger partial charge >= 0.3 is 0 Å². The van der Waals surface area contributed by atoms with Crippen molar-refractivity contribution in [2.45, 2.75) is 33.2 Å². The molecule has 0 radical (unpaired) electrons. The van der Waals surface area contributed by atoms with Gasteiger partial charge in [0.1, 0.15) is 6.54 Å². The molecule has 0 atom stereocenters. The summed E-state index contributed by atoms with van der Waals surface area (Å²) >= 11 is 3.45. The Morgan fingerprint density at radius 2 is 2.22 bits per heavy atom. The molecule has 0 saturated carbocycles. The van der Waals surface area contributed by atoms with Crippen LogP contribution in [-0.4, -0.2) is 47.9 Å². The number of carbonyl (C=O) groups excluding carboxylic acids is 1. The molecule has 0 fully saturated rings. The molecule has 0 bridgehead atoms. The minimum Gasteiger partial charge on any atom is -0.357 e. The highest BCUT2D eigenvalue weighted by Gasteiger charge is 2.21. The monoisotopic (exact) mass is 519 g/mol. The number of thiophene rings is 1. The van der Waals surface area contributed by atoms with Gasteiger partial charge in [-0.3, -0.25) is 4.79 Å². The van der Waals surface area contributed by atoms with Gasteiger partial charge in [0, 0.05) is 42.9 Å². The molecule has 2 N–H and O–H groups in total. The van der Waals surface area contributed by atoms with Crippen LogP contribution in [0.25, 0.3) is 0 Å². The maximum absolute atomic E-state index is 12.5. The van der Waals surface area contributed by atoms with Crippen molar-refractivity contribution in [2.75, 3.05) is 26.2 Å². The number of nitrogens with zero attached hydrogens (tertiary/aromatic N) is 3. The lowest BCUT2D eigenvalue weighted by Gasteiger charge is -2.26. The van der Waals surface area contributed by atoms with Crippen LogP contribution in [0.3, 0.4) is 0 Å². The number of aromatic nitrogens is 1. The number of carbonyl (C=O) groups is 1. The fourth-order valence-corrected chi connectivity index (χ4v) is 4.42. The maximum Gasteiger partial charge on any atom is 0.244 e. The van der Waals surface area contributed by atoms with Gasteiger partial charge in [-0.2, -0.15) is 0 Å². The van der Waals surface area contributed by atoms with Crippen LogP contribution in [0.4, 0.5) is 0 Å². The SMILES string of the molecule is CCNC(=NCC(=O)N1CCc2sccc2C1)NCCc1csc(C)n1.I. The molecule has 1 aliphatic rings. The predicted octanol–water partition coefficient (Wildman–Crippen LogP) is 2.81. The summed E-state index contributed by atoms with van der Waals surface area (Å²) in [5.74, 6) is 0.759. The minimum atomic E-state index is 0. The third-order valence-corrected chi connectivity index (χ3v) is 6.06. The Balaban J connectivity index is 0.00000261. The second-order valence-electron chi connectivity index (χ2n) is 6.16. The van der Waals surface area contributed by atoms with Gasteiger partial charge in [-0.05, 0) is 37.3 Å². The van der Waals surface area contributed by atoms with E-state index in [1.54, 1.807) is 22.7 Å². The fourth-order valence-electron chi connectivity index (χ4n) is 2.88. The van der Waals surface area contributed by atoms with Crippen molar-refractivity contribution in [3.05, 3.63) is 38.0 Å². The first-order valence-corrected chi connectivity index (χ1v) is 10.7. The van der Waals surface area contributed by atoms with Gasteiger partial charge in [-0.25, -0.2) is 9.98 Å². The van der Waals surface area contributed by atoms with E-state index >= 15 is 0 Å². The summed E-state index contributed by atoms with van der Waals surface area (Å²) in [5, 5.41) is 11.8. The first-order chi connectivity index (χ1) is 12.7. The molecule has 27 heavy (non-hydrogen) atoms. The van der Waals surface area contributed by atoms with Crippen molar-refractivity contribution in [3.8, 4) is 0 Å². The van der Waals surface area contributed by atoms with E-state index in [-0.39, 0.29) is 36.4 Å². The number of aliphatic imine (C=N–C) groups is 1. The third kappa shape index (κ3) is 6.42. The molecular formula is C18H26IN5OS2. The van der Waals surface area contributed by atoms with E-state index in [9.17, 15) is 4.79 Å². The van der Waals surface area contributed by atoms with Crippen molar-refractivity contribution < 1.29 is 4.79 Å². The number of aryl methyl sites for hydroxylation is 1. The van der Waals surface area contributed by atoms with Crippen LogP contribution in [0.15, 0.2) is 21.8 Å². The van der Waals surface area contributed by atoms with Crippen LogP contribution in [0, 0.1) is 6.92 Å². The van der Waals surface area contributed by atoms with E-state index in [4.69, 9.17) is 0 Å². The second kappa shape index (κ2) is 11.0. The van der Waals surface area contributed by atoms with Gasteiger partial charge < -0.3 is 15.5 Å². The molecule has 3 heterocycles. The van der Waals surface area contributed by atoms with E-state index in [0.717, 1.165) is 43.2 Å². The molecule has 0 spiro atoms. The molecule has 1 amide bonds. The lowest BCUT2D eigenvalue weighted by atomic mass is 10.1. The number of halogens is 1. The first kappa shape index (κ1) is 22.1. The van der Waals surface area contributed by atoms with Crippen molar-refractivity contribution in [1.29, 1.82) is 0 Å². The summed E-state index contributed by atoms with van der Waals surface area (Å²) in [6, 6.07) is 2.12. The molecule has 6 nitrogen and oxygen atoms in total. The second-order valence-corrected chi connectivity index (χ2v) is 8.23. The third-order valence-electron chi connectivity index (χ3n) is 4.22. The largest absolute Gasteiger partial charge is 0.357 e. The Morgan fingerprint density at radius 1 is 1.37 bits per heavy atom. The van der Waals surface area contributed by atoms with Crippen LogP contribution in [-0.2, 0) is 24.2 Å². The van der Waals surface area contributed by atoms with E-state index in [1.807, 2.05) is 18.7 Å². The zero-order chi connectivity index (χ0) is 18.4. The summed E-state index contributed by atoms with van der Waals surface area (Å²) in [4.78, 5) is 24.7. The molecule has 148 valence electrons. The van der Waals surface area contributed by atoms with Gasteiger partial charge in [0.2, 0.25) is 5.91 Å². The molecular weight excluding hydrogens is 493 g/mol. The average molecular weight is 519 g/mol. The maximum atomic E-state index is 12.5. The quantitative estimate of drug-likeness (QED) is 0.350. The highest BCUT2D eigenvalue weighted by Crippen LogP contribution is 2.23. The van der Waals surface area contributed by atoms with Crippen LogP contribution in [0.1, 0.15) is 28.1 Å². The van der Waals surface area contributed by atoms with E-state index in [0.29, 0.717) is 12.5 Å². The first-order valence-electron chi connectivity index (χ1n) is 8.92. The lowest BCUT2D eigenvalue weighted by molar-refractivity contribution is -0.130. The molecule has 0 saturated heterocycles. The standard InChI is InChI=1S/C18H25N5OS2.HI/c1-3-19-18(20-7-4-15-12-26-13(2)22-15)21-10-17(24)23-8-5-16-14(11-23)6-9-25-16;/h6,9,12H,3-5,7-8,10-11H2,1-2H3,(H2,19,20,21);1H. The van der Waals surface area contributed by atoms with Crippen LogP contribution in [0.2, 0.25) is 0 Å². The van der Waals surface area contributed by atoms with Crippen LogP contribution in [0.5, 0.6) is 0 Å². The average Bonchev–Trinajstić information content (AvgIpc) is 3.27. The van der Waals surface area contributed by atoms with Gasteiger partial charge in [-0.15, -0.1) is 46.7 Å². The molecule has 2 aromatic heterocycles. The zero-order valence-corrected chi connectivity index (χ0v) is 19.6. The lowest BCUT2D eigenvalue weighted by Crippen LogP contribution is -2.41. The van der Waals surface area contributed by atoms with Crippen LogP contribution < -0.4 is 10.6 Å². The number of nitrogens with one attached hydrogen (secondary N) is 2. The Bertz CT molecular complexity index is 773. The molecule has 9 heteroatoms. The Morgan fingerprint density at radius 3 is 2.96 bits per heavy atom. The van der Waals surface area contributed by atoms with E-state index in [1.165, 1.54) is 10.4 Å². The summed E-state index contributed by atoms with van der Waals surface area (Å²) < 4.78 is 0. The predicted molar refractivity (Wildman–Crippen MR) is 123 cm³/mol. The molecule has 1 aliphatic heterocycles. The summed E-state index contributed by atoms with van der Waals surface area (Å²) in [7, 11) is 0. The smallest absolute Gasteiger partial charge is 0.244 e. The van der Waals surface area contributed by atoms with Gasteiger partial charge in [-0.1, -0.05) is 0 Å². The number of amides is 1. The van der Waals surface area contributed by atoms with Crippen molar-refractivity contribution in [3.63, 3.8) is 0 Å². The number of hydrogen-bond donors (Lipinski definition) is 2. The number of rotatable bonds is 6. The zero-order valence-electron chi connectivity index (χ0n) is 15.7. The molecule has 2 aromatic rings. The van der Waals surface area contributed by atoms with Crippen molar-refractivity contribution in [1.82, 2.24) is 20.5 Å². The summed E-state index contributed by atoms with van der Waals surface area (Å²) in [5.41, 5.74) is 2.37. The fraction of sp³-hybridized carbons (Fsp3) is 0.500. The molecule has 0 unspecified atom stereocenters. The Hall–Kier alpha value is -1.20. The summed E-state index contributed by atoms with van der Waals surface area (Å²) in [6.45, 7) is 7.20. The molecule has 0 aliphatic carbocycles. The number of hydrogen-bond acceptors (Lipinski definition) is 5. The van der Waals surface area contributed by atoms with Gasteiger partial charge in [0.05, 0.1) is 10.7 Å². The normalized spacial score (nSPS) is 13.7. The number of guanidine groups is 1. The number of fused-ring (bicyclic) bond motifs is 1. The molecule has 0 aromatic carbocycles. The van der Waals surface area contributed by atoms with E-state index < -0.39 is 0 Å².